The number of rotatable bonds is 3. The van der Waals surface area contributed by atoms with Crippen LogP contribution < -0.4 is 15.2 Å². The van der Waals surface area contributed by atoms with Gasteiger partial charge in [0, 0.05) is 11.1 Å². The van der Waals surface area contributed by atoms with Gasteiger partial charge < -0.3 is 15.2 Å². The zero-order valence-corrected chi connectivity index (χ0v) is 12.0. The Balaban J connectivity index is 2.28. The summed E-state index contributed by atoms with van der Waals surface area (Å²) in [5, 5.41) is 0.636. The second-order valence-corrected chi connectivity index (χ2v) is 4.87. The molecule has 0 atom stereocenters. The van der Waals surface area contributed by atoms with Crippen molar-refractivity contribution in [1.29, 1.82) is 0 Å². The molecule has 0 amide bonds. The number of nitrogens with two attached hydrogens (primary N) is 1. The number of nitrogen functional groups attached to an aromatic ring is 1. The lowest BCUT2D eigenvalue weighted by molar-refractivity contribution is 0.413. The van der Waals surface area contributed by atoms with Gasteiger partial charge in [0.05, 0.1) is 17.3 Å². The molecule has 0 spiro atoms. The monoisotopic (exact) mass is 327 g/mol. The molecule has 0 aromatic heterocycles. The number of benzene rings is 2. The van der Waals surface area contributed by atoms with Gasteiger partial charge in [0.25, 0.3) is 0 Å². The summed E-state index contributed by atoms with van der Waals surface area (Å²) in [5.74, 6) is 1.91. The van der Waals surface area contributed by atoms with Crippen LogP contribution in [0.3, 0.4) is 0 Å². The first-order chi connectivity index (χ1) is 8.60. The lowest BCUT2D eigenvalue weighted by atomic mass is 10.2. The third-order valence-corrected chi connectivity index (χ3v) is 3.19. The van der Waals surface area contributed by atoms with Crippen molar-refractivity contribution in [2.24, 2.45) is 0 Å². The van der Waals surface area contributed by atoms with E-state index in [0.717, 1.165) is 4.47 Å². The molecule has 0 aliphatic heterocycles. The van der Waals surface area contributed by atoms with Gasteiger partial charge >= 0.3 is 0 Å². The second kappa shape index (κ2) is 5.50. The van der Waals surface area contributed by atoms with Gasteiger partial charge in [-0.15, -0.1) is 0 Å². The topological polar surface area (TPSA) is 44.5 Å². The summed E-state index contributed by atoms with van der Waals surface area (Å²) < 4.78 is 11.6. The van der Waals surface area contributed by atoms with Gasteiger partial charge in [-0.25, -0.2) is 0 Å². The number of ether oxygens (including phenoxy) is 2. The second-order valence-electron chi connectivity index (χ2n) is 3.58. The van der Waals surface area contributed by atoms with Crippen LogP contribution in [0.4, 0.5) is 5.69 Å². The van der Waals surface area contributed by atoms with Crippen molar-refractivity contribution >= 4 is 33.2 Å². The van der Waals surface area contributed by atoms with E-state index < -0.39 is 0 Å². The quantitative estimate of drug-likeness (QED) is 0.845. The fourth-order valence-electron chi connectivity index (χ4n) is 1.42. The molecule has 94 valence electrons. The van der Waals surface area contributed by atoms with Crippen LogP contribution in [0.2, 0.25) is 5.02 Å². The fourth-order valence-corrected chi connectivity index (χ4v) is 2.19. The normalized spacial score (nSPS) is 10.2. The maximum absolute atomic E-state index is 5.88. The van der Waals surface area contributed by atoms with Crippen LogP contribution in [0, 0.1) is 0 Å². The first-order valence-electron chi connectivity index (χ1n) is 5.16. The molecule has 0 saturated heterocycles. The molecule has 2 aromatic carbocycles. The first-order valence-corrected chi connectivity index (χ1v) is 6.33. The van der Waals surface area contributed by atoms with Gasteiger partial charge in [-0.1, -0.05) is 11.6 Å². The molecule has 0 aliphatic carbocycles. The number of anilines is 1. The van der Waals surface area contributed by atoms with Crippen molar-refractivity contribution < 1.29 is 9.47 Å². The molecule has 18 heavy (non-hydrogen) atoms. The highest BCUT2D eigenvalue weighted by Gasteiger charge is 2.07. The molecule has 2 N–H and O–H groups in total. The molecule has 3 nitrogen and oxygen atoms in total. The Morgan fingerprint density at radius 3 is 2.44 bits per heavy atom. The lowest BCUT2D eigenvalue weighted by Gasteiger charge is -2.11. The Morgan fingerprint density at radius 2 is 1.83 bits per heavy atom. The molecule has 2 aromatic rings. The van der Waals surface area contributed by atoms with Crippen molar-refractivity contribution in [3.63, 3.8) is 0 Å². The summed E-state index contributed by atoms with van der Waals surface area (Å²) in [6.45, 7) is 0. The summed E-state index contributed by atoms with van der Waals surface area (Å²) in [6.07, 6.45) is 0. The van der Waals surface area contributed by atoms with Crippen molar-refractivity contribution in [3.8, 4) is 17.2 Å². The molecule has 0 saturated carbocycles. The molecule has 5 heteroatoms. The van der Waals surface area contributed by atoms with Crippen LogP contribution in [-0.2, 0) is 0 Å². The van der Waals surface area contributed by atoms with Gasteiger partial charge in [-0.2, -0.15) is 0 Å². The van der Waals surface area contributed by atoms with E-state index in [1.807, 2.05) is 0 Å². The maximum atomic E-state index is 5.88. The van der Waals surface area contributed by atoms with Crippen molar-refractivity contribution in [2.45, 2.75) is 0 Å². The van der Waals surface area contributed by atoms with E-state index in [0.29, 0.717) is 28.0 Å². The number of hydrogen-bond donors (Lipinski definition) is 1. The lowest BCUT2D eigenvalue weighted by Crippen LogP contribution is -1.94. The average molecular weight is 329 g/mol. The van der Waals surface area contributed by atoms with Gasteiger partial charge in [0.15, 0.2) is 5.75 Å². The summed E-state index contributed by atoms with van der Waals surface area (Å²) in [6, 6.07) is 10.5. The SMILES string of the molecule is COc1ccc(Oc2ccc(Cl)cc2Br)c(N)c1. The average Bonchev–Trinajstić information content (AvgIpc) is 2.34. The van der Waals surface area contributed by atoms with E-state index in [1.54, 1.807) is 43.5 Å². The van der Waals surface area contributed by atoms with Crippen LogP contribution in [0.5, 0.6) is 17.2 Å². The summed E-state index contributed by atoms with van der Waals surface area (Å²) >= 11 is 9.25. The third-order valence-electron chi connectivity index (χ3n) is 2.33. The zero-order chi connectivity index (χ0) is 13.1. The molecular formula is C13H11BrClNO2. The molecule has 0 fully saturated rings. The maximum Gasteiger partial charge on any atom is 0.150 e. The van der Waals surface area contributed by atoms with Crippen LogP contribution in [0.25, 0.3) is 0 Å². The van der Waals surface area contributed by atoms with Crippen molar-refractivity contribution in [2.75, 3.05) is 12.8 Å². The molecule has 0 aliphatic rings. The number of halogens is 2. The van der Waals surface area contributed by atoms with E-state index in [4.69, 9.17) is 26.8 Å². The Kier molecular flexibility index (Phi) is 3.99. The van der Waals surface area contributed by atoms with Gasteiger partial charge in [0.1, 0.15) is 11.5 Å². The molecular weight excluding hydrogens is 318 g/mol. The van der Waals surface area contributed by atoms with E-state index in [2.05, 4.69) is 15.9 Å². The Morgan fingerprint density at radius 1 is 1.11 bits per heavy atom. The third kappa shape index (κ3) is 2.89. The Bertz CT molecular complexity index is 575. The number of methoxy groups -OCH3 is 1. The zero-order valence-electron chi connectivity index (χ0n) is 9.61. The van der Waals surface area contributed by atoms with E-state index in [1.165, 1.54) is 0 Å². The van der Waals surface area contributed by atoms with Gasteiger partial charge in [0.2, 0.25) is 0 Å². The molecule has 0 bridgehead atoms. The Labute approximate surface area is 119 Å². The molecule has 2 rings (SSSR count). The van der Waals surface area contributed by atoms with Crippen LogP contribution in [-0.4, -0.2) is 7.11 Å². The predicted octanol–water partition coefficient (Wildman–Crippen LogP) is 4.49. The molecule has 0 radical (unpaired) electrons. The predicted molar refractivity (Wildman–Crippen MR) is 76.6 cm³/mol. The fraction of sp³-hybridized carbons (Fsp3) is 0.0769. The van der Waals surface area contributed by atoms with Crippen molar-refractivity contribution in [1.82, 2.24) is 0 Å². The molecule has 0 heterocycles. The van der Waals surface area contributed by atoms with E-state index in [9.17, 15) is 0 Å². The minimum Gasteiger partial charge on any atom is -0.497 e. The summed E-state index contributed by atoms with van der Waals surface area (Å²) in [5.41, 5.74) is 6.39. The smallest absolute Gasteiger partial charge is 0.150 e. The van der Waals surface area contributed by atoms with Gasteiger partial charge in [-0.3, -0.25) is 0 Å². The highest BCUT2D eigenvalue weighted by Crippen LogP contribution is 2.35. The standard InChI is InChI=1S/C13H11BrClNO2/c1-17-9-3-5-13(11(16)7-9)18-12-4-2-8(15)6-10(12)14/h2-7H,16H2,1H3. The van der Waals surface area contributed by atoms with Crippen molar-refractivity contribution in [3.05, 3.63) is 45.9 Å². The summed E-state index contributed by atoms with van der Waals surface area (Å²) in [4.78, 5) is 0. The van der Waals surface area contributed by atoms with Crippen LogP contribution in [0.15, 0.2) is 40.9 Å². The minimum absolute atomic E-state index is 0.510. The molecule has 0 unspecified atom stereocenters. The highest BCUT2D eigenvalue weighted by molar-refractivity contribution is 9.10. The highest BCUT2D eigenvalue weighted by atomic mass is 79.9. The van der Waals surface area contributed by atoms with Gasteiger partial charge in [-0.05, 0) is 46.3 Å². The Hall–Kier alpha value is -1.39. The largest absolute Gasteiger partial charge is 0.497 e. The number of hydrogen-bond acceptors (Lipinski definition) is 3. The minimum atomic E-state index is 0.510. The first kappa shape index (κ1) is 13.1. The summed E-state index contributed by atoms with van der Waals surface area (Å²) in [7, 11) is 1.59. The van der Waals surface area contributed by atoms with E-state index >= 15 is 0 Å². The van der Waals surface area contributed by atoms with Crippen LogP contribution >= 0.6 is 27.5 Å². The van der Waals surface area contributed by atoms with E-state index in [-0.39, 0.29) is 0 Å². The van der Waals surface area contributed by atoms with Crippen LogP contribution in [0.1, 0.15) is 0 Å².